The lowest BCUT2D eigenvalue weighted by Gasteiger charge is -2.29. The molecule has 3 N–H and O–H groups in total. The highest BCUT2D eigenvalue weighted by Gasteiger charge is 2.25. The van der Waals surface area contributed by atoms with E-state index < -0.39 is 6.10 Å². The Morgan fingerprint density at radius 2 is 1.88 bits per heavy atom. The van der Waals surface area contributed by atoms with Gasteiger partial charge in [-0.2, -0.15) is 0 Å². The second-order valence-electron chi connectivity index (χ2n) is 5.47. The number of para-hydroxylation sites is 1. The predicted octanol–water partition coefficient (Wildman–Crippen LogP) is 2.49. The van der Waals surface area contributed by atoms with Gasteiger partial charge >= 0.3 is 0 Å². The Labute approximate surface area is 104 Å². The summed E-state index contributed by atoms with van der Waals surface area (Å²) in [6, 6.07) is 7.45. The summed E-state index contributed by atoms with van der Waals surface area (Å²) in [5.74, 6) is 0.709. The average Bonchev–Trinajstić information content (AvgIpc) is 2.27. The van der Waals surface area contributed by atoms with Gasteiger partial charge in [0.05, 0.1) is 13.2 Å². The zero-order valence-corrected chi connectivity index (χ0v) is 11.1. The summed E-state index contributed by atoms with van der Waals surface area (Å²) >= 11 is 0. The molecular weight excluding hydrogens is 214 g/mol. The number of hydrogen-bond donors (Lipinski definition) is 2. The Balaban J connectivity index is 2.79. The molecule has 0 bridgehead atoms. The first-order valence-corrected chi connectivity index (χ1v) is 5.93. The summed E-state index contributed by atoms with van der Waals surface area (Å²) in [5, 5.41) is 10.2. The SMILES string of the molecule is COc1ccccc1[C@@H](O)C[C@@H](N)C(C)(C)C. The molecule has 0 saturated carbocycles. The molecule has 96 valence electrons. The zero-order valence-electron chi connectivity index (χ0n) is 11.1. The number of aliphatic hydroxyl groups excluding tert-OH is 1. The Morgan fingerprint density at radius 3 is 2.41 bits per heavy atom. The van der Waals surface area contributed by atoms with Gasteiger partial charge in [-0.25, -0.2) is 0 Å². The van der Waals surface area contributed by atoms with Crippen LogP contribution < -0.4 is 10.5 Å². The van der Waals surface area contributed by atoms with Crippen LogP contribution in [0.5, 0.6) is 5.75 Å². The maximum Gasteiger partial charge on any atom is 0.124 e. The van der Waals surface area contributed by atoms with Crippen molar-refractivity contribution in [3.8, 4) is 5.75 Å². The van der Waals surface area contributed by atoms with E-state index in [0.717, 1.165) is 5.56 Å². The van der Waals surface area contributed by atoms with E-state index in [1.165, 1.54) is 0 Å². The third-order valence-corrected chi connectivity index (χ3v) is 3.09. The van der Waals surface area contributed by atoms with Gasteiger partial charge in [0.1, 0.15) is 5.75 Å². The maximum atomic E-state index is 10.2. The zero-order chi connectivity index (χ0) is 13.1. The number of hydrogen-bond acceptors (Lipinski definition) is 3. The molecule has 0 aliphatic heterocycles. The number of benzene rings is 1. The van der Waals surface area contributed by atoms with Crippen molar-refractivity contribution in [3.63, 3.8) is 0 Å². The lowest BCUT2D eigenvalue weighted by Crippen LogP contribution is -2.36. The summed E-state index contributed by atoms with van der Waals surface area (Å²) < 4.78 is 5.23. The van der Waals surface area contributed by atoms with Crippen molar-refractivity contribution >= 4 is 0 Å². The summed E-state index contributed by atoms with van der Waals surface area (Å²) in [4.78, 5) is 0. The van der Waals surface area contributed by atoms with E-state index in [1.54, 1.807) is 7.11 Å². The molecule has 1 aromatic carbocycles. The highest BCUT2D eigenvalue weighted by Crippen LogP contribution is 2.31. The molecule has 0 unspecified atom stereocenters. The monoisotopic (exact) mass is 237 g/mol. The second kappa shape index (κ2) is 5.52. The molecule has 0 saturated heterocycles. The molecule has 0 aliphatic rings. The molecule has 2 atom stereocenters. The molecule has 0 aromatic heterocycles. The van der Waals surface area contributed by atoms with Crippen LogP contribution in [-0.4, -0.2) is 18.3 Å². The molecule has 0 spiro atoms. The molecule has 0 radical (unpaired) electrons. The first-order chi connectivity index (χ1) is 7.86. The number of ether oxygens (including phenoxy) is 1. The summed E-state index contributed by atoms with van der Waals surface area (Å²) in [6.45, 7) is 6.23. The van der Waals surface area contributed by atoms with Crippen LogP contribution in [0.4, 0.5) is 0 Å². The van der Waals surface area contributed by atoms with Crippen molar-refractivity contribution < 1.29 is 9.84 Å². The molecule has 1 rings (SSSR count). The second-order valence-corrected chi connectivity index (χ2v) is 5.47. The van der Waals surface area contributed by atoms with Crippen LogP contribution in [0.1, 0.15) is 38.9 Å². The third-order valence-electron chi connectivity index (χ3n) is 3.09. The number of rotatable bonds is 4. The molecule has 3 nitrogen and oxygen atoms in total. The minimum atomic E-state index is -0.583. The number of nitrogens with two attached hydrogens (primary N) is 1. The van der Waals surface area contributed by atoms with Gasteiger partial charge in [0.2, 0.25) is 0 Å². The van der Waals surface area contributed by atoms with Crippen molar-refractivity contribution in [1.29, 1.82) is 0 Å². The Bertz CT molecular complexity index is 357. The molecule has 1 aromatic rings. The summed E-state index contributed by atoms with van der Waals surface area (Å²) in [5.41, 5.74) is 6.87. The van der Waals surface area contributed by atoms with Gasteiger partial charge in [0.25, 0.3) is 0 Å². The lowest BCUT2D eigenvalue weighted by atomic mass is 9.83. The van der Waals surface area contributed by atoms with Gasteiger partial charge in [-0.15, -0.1) is 0 Å². The molecule has 17 heavy (non-hydrogen) atoms. The number of aliphatic hydroxyl groups is 1. The highest BCUT2D eigenvalue weighted by molar-refractivity contribution is 5.35. The van der Waals surface area contributed by atoms with Gasteiger partial charge in [-0.05, 0) is 17.9 Å². The van der Waals surface area contributed by atoms with Gasteiger partial charge in [-0.3, -0.25) is 0 Å². The lowest BCUT2D eigenvalue weighted by molar-refractivity contribution is 0.130. The minimum Gasteiger partial charge on any atom is -0.496 e. The van der Waals surface area contributed by atoms with E-state index in [4.69, 9.17) is 10.5 Å². The average molecular weight is 237 g/mol. The summed E-state index contributed by atoms with van der Waals surface area (Å²) in [6.07, 6.45) is -0.0514. The third kappa shape index (κ3) is 3.72. The van der Waals surface area contributed by atoms with E-state index >= 15 is 0 Å². The quantitative estimate of drug-likeness (QED) is 0.846. The van der Waals surface area contributed by atoms with Gasteiger partial charge in [-0.1, -0.05) is 39.0 Å². The minimum absolute atomic E-state index is 0.0109. The normalized spacial score (nSPS) is 15.4. The van der Waals surface area contributed by atoms with Crippen LogP contribution >= 0.6 is 0 Å². The number of methoxy groups -OCH3 is 1. The van der Waals surface area contributed by atoms with Crippen LogP contribution in [0.15, 0.2) is 24.3 Å². The highest BCUT2D eigenvalue weighted by atomic mass is 16.5. The van der Waals surface area contributed by atoms with E-state index in [9.17, 15) is 5.11 Å². The van der Waals surface area contributed by atoms with Crippen molar-refractivity contribution in [1.82, 2.24) is 0 Å². The van der Waals surface area contributed by atoms with E-state index in [-0.39, 0.29) is 11.5 Å². The Hall–Kier alpha value is -1.06. The predicted molar refractivity (Wildman–Crippen MR) is 70.0 cm³/mol. The van der Waals surface area contributed by atoms with Crippen molar-refractivity contribution in [2.45, 2.75) is 39.3 Å². The smallest absolute Gasteiger partial charge is 0.124 e. The largest absolute Gasteiger partial charge is 0.496 e. The van der Waals surface area contributed by atoms with E-state index in [1.807, 2.05) is 24.3 Å². The van der Waals surface area contributed by atoms with E-state index in [2.05, 4.69) is 20.8 Å². The Kier molecular flexibility index (Phi) is 4.54. The van der Waals surface area contributed by atoms with Crippen LogP contribution in [0.2, 0.25) is 0 Å². The summed E-state index contributed by atoms with van der Waals surface area (Å²) in [7, 11) is 1.61. The van der Waals surface area contributed by atoms with Crippen molar-refractivity contribution in [3.05, 3.63) is 29.8 Å². The van der Waals surface area contributed by atoms with Crippen LogP contribution in [0, 0.1) is 5.41 Å². The first-order valence-electron chi connectivity index (χ1n) is 5.93. The molecule has 0 aliphatic carbocycles. The molecule has 0 fully saturated rings. The van der Waals surface area contributed by atoms with Gasteiger partial charge in [0, 0.05) is 11.6 Å². The van der Waals surface area contributed by atoms with Crippen LogP contribution in [-0.2, 0) is 0 Å². The topological polar surface area (TPSA) is 55.5 Å². The van der Waals surface area contributed by atoms with Gasteiger partial charge < -0.3 is 15.6 Å². The fraction of sp³-hybridized carbons (Fsp3) is 0.571. The van der Waals surface area contributed by atoms with Gasteiger partial charge in [0.15, 0.2) is 0 Å². The fourth-order valence-corrected chi connectivity index (χ4v) is 1.66. The van der Waals surface area contributed by atoms with Crippen molar-refractivity contribution in [2.24, 2.45) is 11.1 Å². The van der Waals surface area contributed by atoms with Crippen LogP contribution in [0.3, 0.4) is 0 Å². The van der Waals surface area contributed by atoms with Crippen LogP contribution in [0.25, 0.3) is 0 Å². The van der Waals surface area contributed by atoms with Crippen molar-refractivity contribution in [2.75, 3.05) is 7.11 Å². The molecule has 3 heteroatoms. The Morgan fingerprint density at radius 1 is 1.29 bits per heavy atom. The fourth-order valence-electron chi connectivity index (χ4n) is 1.66. The van der Waals surface area contributed by atoms with E-state index in [0.29, 0.717) is 12.2 Å². The molecule has 0 heterocycles. The molecular formula is C14H23NO2. The molecule has 0 amide bonds. The first kappa shape index (κ1) is 14.0. The maximum absolute atomic E-state index is 10.2. The standard InChI is InChI=1S/C14H23NO2/c1-14(2,3)13(15)9-11(16)10-7-5-6-8-12(10)17-4/h5-8,11,13,16H,9,15H2,1-4H3/t11-,13+/m0/s1.